The second-order valence-electron chi connectivity index (χ2n) is 3.74. The van der Waals surface area contributed by atoms with E-state index in [-0.39, 0.29) is 5.60 Å². The molecule has 2 aliphatic heterocycles. The van der Waals surface area contributed by atoms with Crippen molar-refractivity contribution in [2.24, 2.45) is 5.73 Å². The molecule has 2 aliphatic rings. The Kier molecular flexibility index (Phi) is 2.13. The molecule has 1 atom stereocenters. The molecule has 5 heteroatoms. The van der Waals surface area contributed by atoms with E-state index < -0.39 is 6.03 Å². The van der Waals surface area contributed by atoms with E-state index >= 15 is 0 Å². The number of hydrogen-bond donors (Lipinski definition) is 2. The molecule has 13 heavy (non-hydrogen) atoms. The monoisotopic (exact) mass is 185 g/mol. The number of hydroxylamine groups is 2. The summed E-state index contributed by atoms with van der Waals surface area (Å²) in [5, 5.41) is 4.54. The number of carbonyl (C=O) groups excluding carboxylic acids is 1. The average Bonchev–Trinajstić information content (AvgIpc) is 2.51. The number of urea groups is 1. The molecule has 1 spiro atoms. The van der Waals surface area contributed by atoms with Crippen LogP contribution in [0.5, 0.6) is 0 Å². The summed E-state index contributed by atoms with van der Waals surface area (Å²) in [5.41, 5.74) is 4.97. The first-order valence-electron chi connectivity index (χ1n) is 4.69. The maximum atomic E-state index is 10.8. The Morgan fingerprint density at radius 2 is 2.38 bits per heavy atom. The van der Waals surface area contributed by atoms with E-state index in [2.05, 4.69) is 5.32 Å². The normalized spacial score (nSPS) is 34.0. The van der Waals surface area contributed by atoms with E-state index in [1.807, 2.05) is 0 Å². The lowest BCUT2D eigenvalue weighted by Gasteiger charge is -2.32. The Labute approximate surface area is 77.2 Å². The van der Waals surface area contributed by atoms with Gasteiger partial charge in [0, 0.05) is 13.0 Å². The van der Waals surface area contributed by atoms with Crippen LogP contribution in [-0.4, -0.2) is 36.3 Å². The topological polar surface area (TPSA) is 67.6 Å². The third-order valence-electron chi connectivity index (χ3n) is 2.75. The van der Waals surface area contributed by atoms with E-state index in [9.17, 15) is 4.79 Å². The van der Waals surface area contributed by atoms with Gasteiger partial charge in [-0.15, -0.1) is 0 Å². The van der Waals surface area contributed by atoms with Gasteiger partial charge in [-0.2, -0.15) is 0 Å². The zero-order valence-electron chi connectivity index (χ0n) is 7.58. The Bertz CT molecular complexity index is 213. The highest BCUT2D eigenvalue weighted by atomic mass is 16.7. The van der Waals surface area contributed by atoms with Gasteiger partial charge in [-0.25, -0.2) is 9.86 Å². The predicted octanol–water partition coefficient (Wildman–Crippen LogP) is -0.175. The van der Waals surface area contributed by atoms with Crippen molar-refractivity contribution in [3.63, 3.8) is 0 Å². The molecule has 0 aromatic carbocycles. The number of primary amides is 1. The molecular weight excluding hydrogens is 170 g/mol. The van der Waals surface area contributed by atoms with Crippen LogP contribution in [0.4, 0.5) is 4.79 Å². The van der Waals surface area contributed by atoms with Gasteiger partial charge in [-0.1, -0.05) is 0 Å². The molecule has 0 radical (unpaired) electrons. The van der Waals surface area contributed by atoms with E-state index in [4.69, 9.17) is 10.6 Å². The minimum Gasteiger partial charge on any atom is -0.350 e. The molecule has 0 saturated carbocycles. The van der Waals surface area contributed by atoms with E-state index in [1.54, 1.807) is 0 Å². The molecule has 2 heterocycles. The lowest BCUT2D eigenvalue weighted by molar-refractivity contribution is -0.164. The first-order chi connectivity index (χ1) is 6.22. The Balaban J connectivity index is 1.98. The van der Waals surface area contributed by atoms with Crippen molar-refractivity contribution in [2.45, 2.75) is 24.9 Å². The molecular formula is C8H15N3O2. The smallest absolute Gasteiger partial charge is 0.338 e. The number of piperidine rings is 1. The number of amides is 2. The fraction of sp³-hybridized carbons (Fsp3) is 0.875. The van der Waals surface area contributed by atoms with Crippen LogP contribution in [0.25, 0.3) is 0 Å². The largest absolute Gasteiger partial charge is 0.350 e. The standard InChI is InChI=1S/C8H15N3O2/c9-7(12)11-5-3-8(13-11)2-1-4-10-6-8/h10H,1-6H2,(H2,9,12). The van der Waals surface area contributed by atoms with Crippen molar-refractivity contribution < 1.29 is 9.63 Å². The molecule has 3 N–H and O–H groups in total. The minimum absolute atomic E-state index is 0.159. The van der Waals surface area contributed by atoms with Crippen LogP contribution in [0.3, 0.4) is 0 Å². The number of hydrogen-bond acceptors (Lipinski definition) is 3. The maximum Gasteiger partial charge on any atom is 0.338 e. The molecule has 2 saturated heterocycles. The van der Waals surface area contributed by atoms with Crippen molar-refractivity contribution in [3.8, 4) is 0 Å². The average molecular weight is 185 g/mol. The number of nitrogens with two attached hydrogens (primary N) is 1. The van der Waals surface area contributed by atoms with Gasteiger partial charge in [0.05, 0.1) is 6.54 Å². The van der Waals surface area contributed by atoms with Crippen molar-refractivity contribution in [1.82, 2.24) is 10.4 Å². The van der Waals surface area contributed by atoms with E-state index in [0.717, 1.165) is 32.4 Å². The predicted molar refractivity (Wildman–Crippen MR) is 46.8 cm³/mol. The molecule has 2 amide bonds. The van der Waals surface area contributed by atoms with Crippen LogP contribution < -0.4 is 11.1 Å². The van der Waals surface area contributed by atoms with Gasteiger partial charge in [0.25, 0.3) is 0 Å². The molecule has 74 valence electrons. The van der Waals surface area contributed by atoms with E-state index in [0.29, 0.717) is 6.54 Å². The number of nitrogens with one attached hydrogen (secondary N) is 1. The third-order valence-corrected chi connectivity index (χ3v) is 2.75. The van der Waals surface area contributed by atoms with Gasteiger partial charge in [0.2, 0.25) is 0 Å². The van der Waals surface area contributed by atoms with Crippen LogP contribution >= 0.6 is 0 Å². The number of nitrogens with zero attached hydrogens (tertiary/aromatic N) is 1. The van der Waals surface area contributed by atoms with Crippen LogP contribution in [-0.2, 0) is 4.84 Å². The second kappa shape index (κ2) is 3.16. The summed E-state index contributed by atoms with van der Waals surface area (Å²) in [7, 11) is 0. The molecule has 0 aliphatic carbocycles. The van der Waals surface area contributed by atoms with Crippen LogP contribution in [0.1, 0.15) is 19.3 Å². The summed E-state index contributed by atoms with van der Waals surface area (Å²) in [6.07, 6.45) is 3.01. The summed E-state index contributed by atoms with van der Waals surface area (Å²) in [6, 6.07) is -0.484. The number of carbonyl (C=O) groups is 1. The zero-order valence-corrected chi connectivity index (χ0v) is 7.58. The van der Waals surface area contributed by atoms with Gasteiger partial charge >= 0.3 is 6.03 Å². The van der Waals surface area contributed by atoms with Crippen molar-refractivity contribution in [2.75, 3.05) is 19.6 Å². The minimum atomic E-state index is -0.484. The molecule has 1 unspecified atom stereocenters. The second-order valence-corrected chi connectivity index (χ2v) is 3.74. The summed E-state index contributed by atoms with van der Waals surface area (Å²) >= 11 is 0. The summed E-state index contributed by atoms with van der Waals surface area (Å²) in [6.45, 7) is 2.50. The first-order valence-corrected chi connectivity index (χ1v) is 4.69. The summed E-state index contributed by atoms with van der Waals surface area (Å²) < 4.78 is 0. The maximum absolute atomic E-state index is 10.8. The van der Waals surface area contributed by atoms with Crippen LogP contribution in [0, 0.1) is 0 Å². The van der Waals surface area contributed by atoms with Crippen molar-refractivity contribution in [1.29, 1.82) is 0 Å². The SMILES string of the molecule is NC(=O)N1CCC2(CCCNC2)O1. The fourth-order valence-corrected chi connectivity index (χ4v) is 2.02. The molecule has 5 nitrogen and oxygen atoms in total. The Hall–Kier alpha value is -0.810. The molecule has 0 aromatic rings. The van der Waals surface area contributed by atoms with Gasteiger partial charge in [0.1, 0.15) is 5.60 Å². The quantitative estimate of drug-likeness (QED) is 0.550. The van der Waals surface area contributed by atoms with E-state index in [1.165, 1.54) is 5.06 Å². The van der Waals surface area contributed by atoms with Crippen LogP contribution in [0.2, 0.25) is 0 Å². The highest BCUT2D eigenvalue weighted by Gasteiger charge is 2.41. The first kappa shape index (κ1) is 8.77. The Morgan fingerprint density at radius 1 is 1.54 bits per heavy atom. The molecule has 0 aromatic heterocycles. The van der Waals surface area contributed by atoms with Crippen molar-refractivity contribution in [3.05, 3.63) is 0 Å². The highest BCUT2D eigenvalue weighted by molar-refractivity contribution is 5.71. The van der Waals surface area contributed by atoms with Gasteiger partial charge in [0.15, 0.2) is 0 Å². The summed E-state index contributed by atoms with van der Waals surface area (Å²) in [4.78, 5) is 16.4. The van der Waals surface area contributed by atoms with Crippen molar-refractivity contribution >= 4 is 6.03 Å². The molecule has 2 rings (SSSR count). The van der Waals surface area contributed by atoms with Crippen LogP contribution in [0.15, 0.2) is 0 Å². The van der Waals surface area contributed by atoms with Gasteiger partial charge in [-0.05, 0) is 19.4 Å². The Morgan fingerprint density at radius 3 is 2.92 bits per heavy atom. The zero-order chi connectivity index (χ0) is 9.31. The lowest BCUT2D eigenvalue weighted by Crippen LogP contribution is -2.47. The summed E-state index contributed by atoms with van der Waals surface area (Å²) in [5.74, 6) is 0. The van der Waals surface area contributed by atoms with Gasteiger partial charge in [-0.3, -0.25) is 4.84 Å². The molecule has 0 bridgehead atoms. The molecule has 2 fully saturated rings. The highest BCUT2D eigenvalue weighted by Crippen LogP contribution is 2.31. The lowest BCUT2D eigenvalue weighted by atomic mass is 9.92. The van der Waals surface area contributed by atoms with Gasteiger partial charge < -0.3 is 11.1 Å². The number of rotatable bonds is 0. The third kappa shape index (κ3) is 1.62. The fourth-order valence-electron chi connectivity index (χ4n) is 2.02.